The van der Waals surface area contributed by atoms with Crippen LogP contribution < -0.4 is 30.7 Å². The van der Waals surface area contributed by atoms with E-state index >= 15 is 0 Å². The van der Waals surface area contributed by atoms with Crippen molar-refractivity contribution < 1.29 is 33.4 Å². The summed E-state index contributed by atoms with van der Waals surface area (Å²) in [6, 6.07) is 9.68. The van der Waals surface area contributed by atoms with Crippen LogP contribution >= 0.6 is 11.6 Å². The summed E-state index contributed by atoms with van der Waals surface area (Å²) < 4.78 is 11.6. The quantitative estimate of drug-likeness (QED) is 0.315. The predicted octanol–water partition coefficient (Wildman–Crippen LogP) is 2.93. The van der Waals surface area contributed by atoms with Crippen molar-refractivity contribution in [1.82, 2.24) is 26.2 Å². The van der Waals surface area contributed by atoms with Crippen LogP contribution in [-0.4, -0.2) is 85.4 Å². The van der Waals surface area contributed by atoms with Crippen molar-refractivity contribution in [2.75, 3.05) is 26.8 Å². The van der Waals surface area contributed by atoms with Gasteiger partial charge in [0.2, 0.25) is 23.6 Å². The Morgan fingerprint density at radius 3 is 2.34 bits per heavy atom. The number of carbonyl (C=O) groups is 5. The summed E-state index contributed by atoms with van der Waals surface area (Å²) >= 11 is 5.92. The molecule has 1 heterocycles. The molecular weight excluding hydrogens is 626 g/mol. The maximum atomic E-state index is 13.7. The third kappa shape index (κ3) is 11.2. The van der Waals surface area contributed by atoms with Crippen molar-refractivity contribution in [1.29, 1.82) is 0 Å². The van der Waals surface area contributed by atoms with Gasteiger partial charge in [0.1, 0.15) is 42.8 Å². The van der Waals surface area contributed by atoms with Crippen molar-refractivity contribution >= 4 is 41.1 Å². The smallest absolute Gasteiger partial charge is 0.255 e. The van der Waals surface area contributed by atoms with E-state index in [2.05, 4.69) is 21.3 Å². The zero-order chi connectivity index (χ0) is 34.7. The average Bonchev–Trinajstić information content (AvgIpc) is 3.02. The van der Waals surface area contributed by atoms with Gasteiger partial charge < -0.3 is 35.6 Å². The number of nitrogens with one attached hydrogen (secondary N) is 4. The van der Waals surface area contributed by atoms with Crippen LogP contribution in [0.25, 0.3) is 0 Å². The molecule has 47 heavy (non-hydrogen) atoms. The Bertz CT molecular complexity index is 1400. The molecule has 0 unspecified atom stereocenters. The Hall–Kier alpha value is -4.32. The molecule has 2 aromatic carbocycles. The Balaban J connectivity index is 1.91. The van der Waals surface area contributed by atoms with Gasteiger partial charge in [0.15, 0.2) is 0 Å². The second kappa shape index (κ2) is 17.6. The fraction of sp³-hybridized carbons (Fsp3) is 0.500. The number of hydrogen-bond acceptors (Lipinski definition) is 7. The Morgan fingerprint density at radius 2 is 1.68 bits per heavy atom. The van der Waals surface area contributed by atoms with E-state index in [0.717, 1.165) is 0 Å². The standard InChI is InChI=1S/C34H46ClN5O7/c1-20(2)17-27-33(44)39-30(21(3)4)34(45)37-22(5)19-47-28-10-8-7-9-25(28)31(42)38-26(18-29(41)40(27)6)32(43)36-15-16-46-24-13-11-23(35)12-14-24/h7-14,20-22,26-27,30H,15-19H2,1-6H3,(H,36,43)(H,37,45)(H,38,42)(H,39,44)/t22-,26-,27-,30+/m0/s1. The van der Waals surface area contributed by atoms with Gasteiger partial charge in [-0.15, -0.1) is 0 Å². The maximum absolute atomic E-state index is 13.7. The van der Waals surface area contributed by atoms with E-state index in [1.165, 1.54) is 11.9 Å². The molecule has 0 saturated heterocycles. The van der Waals surface area contributed by atoms with Gasteiger partial charge in [0, 0.05) is 12.1 Å². The Labute approximate surface area is 281 Å². The lowest BCUT2D eigenvalue weighted by Crippen LogP contribution is -2.57. The van der Waals surface area contributed by atoms with Crippen LogP contribution in [0, 0.1) is 11.8 Å². The maximum Gasteiger partial charge on any atom is 0.255 e. The number of ether oxygens (including phenoxy) is 2. The number of rotatable bonds is 8. The van der Waals surface area contributed by atoms with Crippen LogP contribution in [0.4, 0.5) is 0 Å². The van der Waals surface area contributed by atoms with E-state index in [0.29, 0.717) is 17.2 Å². The first kappa shape index (κ1) is 37.1. The number of hydrogen-bond donors (Lipinski definition) is 4. The highest BCUT2D eigenvalue weighted by Crippen LogP contribution is 2.20. The summed E-state index contributed by atoms with van der Waals surface area (Å²) in [5, 5.41) is 11.7. The molecule has 2 aromatic rings. The molecule has 1 aliphatic heterocycles. The lowest BCUT2D eigenvalue weighted by atomic mass is 9.98. The van der Waals surface area contributed by atoms with Crippen molar-refractivity contribution in [2.45, 2.75) is 71.6 Å². The molecule has 256 valence electrons. The molecule has 0 saturated carbocycles. The molecule has 0 bridgehead atoms. The van der Waals surface area contributed by atoms with E-state index in [9.17, 15) is 24.0 Å². The monoisotopic (exact) mass is 671 g/mol. The van der Waals surface area contributed by atoms with E-state index in [-0.39, 0.29) is 42.9 Å². The van der Waals surface area contributed by atoms with Gasteiger partial charge >= 0.3 is 0 Å². The van der Waals surface area contributed by atoms with Crippen LogP contribution in [0.2, 0.25) is 5.02 Å². The lowest BCUT2D eigenvalue weighted by molar-refractivity contribution is -0.142. The molecule has 1 aliphatic rings. The molecular formula is C34H46ClN5O7. The number of para-hydroxylation sites is 1. The molecule has 13 heteroatoms. The fourth-order valence-electron chi connectivity index (χ4n) is 4.98. The normalized spacial score (nSPS) is 21.6. The van der Waals surface area contributed by atoms with Crippen LogP contribution in [0.1, 0.15) is 57.8 Å². The lowest BCUT2D eigenvalue weighted by Gasteiger charge is -2.32. The molecule has 4 N–H and O–H groups in total. The van der Waals surface area contributed by atoms with Crippen LogP contribution in [0.3, 0.4) is 0 Å². The first-order valence-electron chi connectivity index (χ1n) is 15.8. The molecule has 0 aromatic heterocycles. The molecule has 5 amide bonds. The van der Waals surface area contributed by atoms with Crippen LogP contribution in [0.5, 0.6) is 11.5 Å². The summed E-state index contributed by atoms with van der Waals surface area (Å²) in [4.78, 5) is 68.9. The van der Waals surface area contributed by atoms with E-state index in [1.54, 1.807) is 55.5 Å². The van der Waals surface area contributed by atoms with Crippen molar-refractivity contribution in [3.8, 4) is 11.5 Å². The zero-order valence-corrected chi connectivity index (χ0v) is 28.6. The summed E-state index contributed by atoms with van der Waals surface area (Å²) in [5.74, 6) is -2.11. The third-order valence-electron chi connectivity index (χ3n) is 7.60. The fourth-order valence-corrected chi connectivity index (χ4v) is 5.10. The van der Waals surface area contributed by atoms with Crippen molar-refractivity contribution in [3.05, 3.63) is 59.1 Å². The number of nitrogens with zero attached hydrogens (tertiary/aromatic N) is 1. The first-order chi connectivity index (χ1) is 22.3. The Morgan fingerprint density at radius 1 is 1.00 bits per heavy atom. The molecule has 0 radical (unpaired) electrons. The average molecular weight is 672 g/mol. The first-order valence-corrected chi connectivity index (χ1v) is 16.2. The number of halogens is 1. The highest BCUT2D eigenvalue weighted by atomic mass is 35.5. The van der Waals surface area contributed by atoms with Gasteiger partial charge in [-0.05, 0) is 61.6 Å². The molecule has 3 rings (SSSR count). The van der Waals surface area contributed by atoms with E-state index < -0.39 is 60.1 Å². The summed E-state index contributed by atoms with van der Waals surface area (Å²) in [6.07, 6.45) is -0.120. The van der Waals surface area contributed by atoms with E-state index in [4.69, 9.17) is 21.1 Å². The predicted molar refractivity (Wildman–Crippen MR) is 178 cm³/mol. The van der Waals surface area contributed by atoms with Crippen molar-refractivity contribution in [3.63, 3.8) is 0 Å². The molecule has 4 atom stereocenters. The van der Waals surface area contributed by atoms with Crippen LogP contribution in [0.15, 0.2) is 48.5 Å². The zero-order valence-electron chi connectivity index (χ0n) is 27.8. The van der Waals surface area contributed by atoms with Gasteiger partial charge in [-0.1, -0.05) is 51.4 Å². The second-order valence-electron chi connectivity index (χ2n) is 12.4. The summed E-state index contributed by atoms with van der Waals surface area (Å²) in [7, 11) is 1.48. The summed E-state index contributed by atoms with van der Waals surface area (Å²) in [5.41, 5.74) is 0.148. The van der Waals surface area contributed by atoms with E-state index in [1.807, 2.05) is 27.7 Å². The highest BCUT2D eigenvalue weighted by Gasteiger charge is 2.35. The summed E-state index contributed by atoms with van der Waals surface area (Å²) in [6.45, 7) is 9.46. The topological polar surface area (TPSA) is 155 Å². The molecule has 0 fully saturated rings. The number of likely N-dealkylation sites (N-methyl/N-ethyl adjacent to an activating group) is 1. The minimum atomic E-state index is -1.29. The SMILES string of the molecule is CC(C)C[C@H]1C(=O)N[C@H](C(C)C)C(=O)N[C@@H](C)COc2ccccc2C(=O)N[C@H](C(=O)NCCOc2ccc(Cl)cc2)CC(=O)N1C. The second-order valence-corrected chi connectivity index (χ2v) is 12.9. The van der Waals surface area contributed by atoms with Gasteiger partial charge in [0.05, 0.1) is 24.6 Å². The highest BCUT2D eigenvalue weighted by molar-refractivity contribution is 6.30. The molecule has 0 spiro atoms. The third-order valence-corrected chi connectivity index (χ3v) is 7.85. The molecule has 12 nitrogen and oxygen atoms in total. The minimum Gasteiger partial charge on any atom is -0.492 e. The Kier molecular flexibility index (Phi) is 13.9. The van der Waals surface area contributed by atoms with Gasteiger partial charge in [-0.25, -0.2) is 0 Å². The molecule has 0 aliphatic carbocycles. The van der Waals surface area contributed by atoms with Gasteiger partial charge in [-0.3, -0.25) is 24.0 Å². The van der Waals surface area contributed by atoms with Crippen molar-refractivity contribution in [2.24, 2.45) is 11.8 Å². The minimum absolute atomic E-state index is 0.0227. The van der Waals surface area contributed by atoms with Crippen LogP contribution in [-0.2, 0) is 19.2 Å². The van der Waals surface area contributed by atoms with Gasteiger partial charge in [-0.2, -0.15) is 0 Å². The number of fused-ring (bicyclic) bond motifs is 1. The number of carbonyl (C=O) groups excluding carboxylic acids is 5. The largest absolute Gasteiger partial charge is 0.492 e. The number of amides is 5. The van der Waals surface area contributed by atoms with Gasteiger partial charge in [0.25, 0.3) is 5.91 Å². The number of benzene rings is 2.